The lowest BCUT2D eigenvalue weighted by Gasteiger charge is -2.37. The van der Waals surface area contributed by atoms with Crippen LogP contribution < -0.4 is 10.1 Å². The fourth-order valence-corrected chi connectivity index (χ4v) is 3.39. The molecule has 148 valence electrons. The number of para-hydroxylation sites is 1. The Hall–Kier alpha value is -4.01. The Morgan fingerprint density at radius 2 is 2.07 bits per heavy atom. The number of carbonyl (C=O) groups is 1. The lowest BCUT2D eigenvalue weighted by Crippen LogP contribution is -2.42. The Balaban J connectivity index is 1.87. The molecule has 29 heavy (non-hydrogen) atoms. The summed E-state index contributed by atoms with van der Waals surface area (Å²) in [5, 5.41) is 24.9. The zero-order chi connectivity index (χ0) is 20.5. The highest BCUT2D eigenvalue weighted by molar-refractivity contribution is 6.01. The number of hydrogen-bond donors (Lipinski definition) is 2. The van der Waals surface area contributed by atoms with E-state index in [1.807, 2.05) is 0 Å². The average Bonchev–Trinajstić information content (AvgIpc) is 3.23. The third-order valence-corrected chi connectivity index (χ3v) is 4.75. The molecule has 0 saturated carbocycles. The lowest BCUT2D eigenvalue weighted by atomic mass is 10.0. The summed E-state index contributed by atoms with van der Waals surface area (Å²) in [5.74, 6) is -0.0697. The van der Waals surface area contributed by atoms with Gasteiger partial charge in [-0.2, -0.15) is 0 Å². The first-order chi connectivity index (χ1) is 14.0. The minimum atomic E-state index is -0.877. The van der Waals surface area contributed by atoms with Gasteiger partial charge in [-0.05, 0) is 30.3 Å². The van der Waals surface area contributed by atoms with E-state index in [-0.39, 0.29) is 35.2 Å². The fourth-order valence-electron chi connectivity index (χ4n) is 3.39. The van der Waals surface area contributed by atoms with E-state index in [0.29, 0.717) is 17.0 Å². The van der Waals surface area contributed by atoms with E-state index >= 15 is 0 Å². The Morgan fingerprint density at radius 1 is 1.28 bits per heavy atom. The van der Waals surface area contributed by atoms with Crippen molar-refractivity contribution in [3.63, 3.8) is 0 Å². The number of nitro groups is 1. The predicted molar refractivity (Wildman–Crippen MR) is 103 cm³/mol. The van der Waals surface area contributed by atoms with Gasteiger partial charge in [0.05, 0.1) is 42.0 Å². The summed E-state index contributed by atoms with van der Waals surface area (Å²) in [5.41, 5.74) is 0.847. The molecule has 1 aromatic heterocycles. The third-order valence-electron chi connectivity index (χ3n) is 4.75. The van der Waals surface area contributed by atoms with Crippen molar-refractivity contribution < 1.29 is 24.0 Å². The molecule has 2 aromatic carbocycles. The Labute approximate surface area is 165 Å². The summed E-state index contributed by atoms with van der Waals surface area (Å²) in [6.07, 6.45) is 0.615. The van der Waals surface area contributed by atoms with Gasteiger partial charge in [-0.25, -0.2) is 0 Å². The van der Waals surface area contributed by atoms with Crippen LogP contribution >= 0.6 is 0 Å². The van der Waals surface area contributed by atoms with Gasteiger partial charge in [-0.3, -0.25) is 14.9 Å². The number of ether oxygens (including phenoxy) is 1. The van der Waals surface area contributed by atoms with E-state index in [4.69, 9.17) is 9.15 Å². The minimum absolute atomic E-state index is 0.0663. The van der Waals surface area contributed by atoms with Gasteiger partial charge in [0.2, 0.25) is 0 Å². The van der Waals surface area contributed by atoms with Crippen LogP contribution in [0.2, 0.25) is 0 Å². The number of fused-ring (bicyclic) bond motifs is 1. The van der Waals surface area contributed by atoms with E-state index in [0.717, 1.165) is 6.07 Å². The molecular weight excluding hydrogens is 378 g/mol. The smallest absolute Gasteiger partial charge is 0.280 e. The molecule has 9 heteroatoms. The molecule has 3 aromatic rings. The second-order valence-corrected chi connectivity index (χ2v) is 6.44. The highest BCUT2D eigenvalue weighted by Gasteiger charge is 2.37. The number of carbonyl (C=O) groups excluding carboxylic acids is 1. The fraction of sp³-hybridized carbons (Fsp3) is 0.150. The standard InChI is InChI=1S/C20H17N3O6/c1-28-18-9-14(16(23(26)27)10-17(18)24)19-21-15-7-3-2-6-13(15)20(25)22(19)11-12-5-4-8-29-12/h2-10,19,21,24H,11H2,1H3. The van der Waals surface area contributed by atoms with Crippen molar-refractivity contribution in [1.29, 1.82) is 0 Å². The number of nitrogens with zero attached hydrogens (tertiary/aromatic N) is 2. The summed E-state index contributed by atoms with van der Waals surface area (Å²) in [4.78, 5) is 25.7. The van der Waals surface area contributed by atoms with Gasteiger partial charge >= 0.3 is 0 Å². The van der Waals surface area contributed by atoms with Crippen LogP contribution in [0.5, 0.6) is 11.5 Å². The van der Waals surface area contributed by atoms with Crippen molar-refractivity contribution in [2.45, 2.75) is 12.7 Å². The zero-order valence-electron chi connectivity index (χ0n) is 15.4. The maximum Gasteiger partial charge on any atom is 0.280 e. The number of anilines is 1. The Kier molecular flexibility index (Phi) is 4.55. The molecule has 9 nitrogen and oxygen atoms in total. The van der Waals surface area contributed by atoms with Crippen LogP contribution in [0.4, 0.5) is 11.4 Å². The van der Waals surface area contributed by atoms with Crippen LogP contribution in [0.1, 0.15) is 27.8 Å². The monoisotopic (exact) mass is 395 g/mol. The van der Waals surface area contributed by atoms with Gasteiger partial charge < -0.3 is 24.5 Å². The molecule has 4 rings (SSSR count). The molecule has 0 aliphatic carbocycles. The molecule has 1 unspecified atom stereocenters. The maximum absolute atomic E-state index is 13.2. The van der Waals surface area contributed by atoms with E-state index in [1.165, 1.54) is 24.3 Å². The summed E-state index contributed by atoms with van der Waals surface area (Å²) in [6, 6.07) is 12.7. The lowest BCUT2D eigenvalue weighted by molar-refractivity contribution is -0.386. The number of aromatic hydroxyl groups is 1. The number of phenolic OH excluding ortho intramolecular Hbond substituents is 1. The Bertz CT molecular complexity index is 1080. The first-order valence-corrected chi connectivity index (χ1v) is 8.74. The van der Waals surface area contributed by atoms with Crippen molar-refractivity contribution in [1.82, 2.24) is 4.90 Å². The molecule has 0 spiro atoms. The van der Waals surface area contributed by atoms with Gasteiger partial charge in [0, 0.05) is 5.69 Å². The first-order valence-electron chi connectivity index (χ1n) is 8.74. The van der Waals surface area contributed by atoms with Gasteiger partial charge in [0.15, 0.2) is 11.5 Å². The number of furan rings is 1. The van der Waals surface area contributed by atoms with Crippen LogP contribution in [0, 0.1) is 10.1 Å². The summed E-state index contributed by atoms with van der Waals surface area (Å²) < 4.78 is 10.5. The number of hydrogen-bond acceptors (Lipinski definition) is 7. The number of nitro benzene ring substituents is 1. The van der Waals surface area contributed by atoms with Crippen molar-refractivity contribution in [3.8, 4) is 11.5 Å². The highest BCUT2D eigenvalue weighted by Crippen LogP contribution is 2.42. The molecule has 1 atom stereocenters. The zero-order valence-corrected chi connectivity index (χ0v) is 15.4. The average molecular weight is 395 g/mol. The van der Waals surface area contributed by atoms with Gasteiger partial charge in [-0.15, -0.1) is 0 Å². The molecule has 0 fully saturated rings. The van der Waals surface area contributed by atoms with E-state index in [9.17, 15) is 20.0 Å². The topological polar surface area (TPSA) is 118 Å². The number of methoxy groups -OCH3 is 1. The molecule has 0 saturated heterocycles. The molecule has 0 radical (unpaired) electrons. The molecule has 1 aliphatic rings. The SMILES string of the molecule is COc1cc(C2Nc3ccccc3C(=O)N2Cc2ccco2)c([N+](=O)[O-])cc1O. The third kappa shape index (κ3) is 3.22. The molecule has 1 aliphatic heterocycles. The molecule has 2 N–H and O–H groups in total. The number of amides is 1. The van der Waals surface area contributed by atoms with Crippen molar-refractivity contribution in [2.24, 2.45) is 0 Å². The van der Waals surface area contributed by atoms with Crippen LogP contribution in [0.15, 0.2) is 59.2 Å². The number of phenols is 1. The quantitative estimate of drug-likeness (QED) is 0.500. The molecule has 2 heterocycles. The predicted octanol–water partition coefficient (Wildman–Crippen LogP) is 3.67. The van der Waals surface area contributed by atoms with E-state index in [2.05, 4.69) is 5.32 Å². The minimum Gasteiger partial charge on any atom is -0.504 e. The highest BCUT2D eigenvalue weighted by atomic mass is 16.6. The van der Waals surface area contributed by atoms with Crippen LogP contribution in [0.25, 0.3) is 0 Å². The second kappa shape index (κ2) is 7.19. The molecule has 0 bridgehead atoms. The second-order valence-electron chi connectivity index (χ2n) is 6.44. The first kappa shape index (κ1) is 18.4. The van der Waals surface area contributed by atoms with Crippen LogP contribution in [0.3, 0.4) is 0 Å². The van der Waals surface area contributed by atoms with E-state index < -0.39 is 11.1 Å². The van der Waals surface area contributed by atoms with Crippen LogP contribution in [-0.4, -0.2) is 27.9 Å². The number of benzene rings is 2. The van der Waals surface area contributed by atoms with Crippen molar-refractivity contribution >= 4 is 17.3 Å². The summed E-state index contributed by atoms with van der Waals surface area (Å²) in [7, 11) is 1.35. The van der Waals surface area contributed by atoms with Crippen molar-refractivity contribution in [3.05, 3.63) is 81.8 Å². The van der Waals surface area contributed by atoms with Crippen LogP contribution in [-0.2, 0) is 6.54 Å². The van der Waals surface area contributed by atoms with Crippen molar-refractivity contribution in [2.75, 3.05) is 12.4 Å². The summed E-state index contributed by atoms with van der Waals surface area (Å²) >= 11 is 0. The maximum atomic E-state index is 13.2. The molecular formula is C20H17N3O6. The van der Waals surface area contributed by atoms with Gasteiger partial charge in [0.1, 0.15) is 11.9 Å². The van der Waals surface area contributed by atoms with Gasteiger partial charge in [-0.1, -0.05) is 12.1 Å². The van der Waals surface area contributed by atoms with Gasteiger partial charge in [0.25, 0.3) is 11.6 Å². The molecule has 1 amide bonds. The Morgan fingerprint density at radius 3 is 2.76 bits per heavy atom. The van der Waals surface area contributed by atoms with E-state index in [1.54, 1.807) is 36.4 Å². The summed E-state index contributed by atoms with van der Waals surface area (Å²) in [6.45, 7) is 0.0954. The number of rotatable bonds is 5. The number of nitrogens with one attached hydrogen (secondary N) is 1. The normalized spacial score (nSPS) is 15.6. The largest absolute Gasteiger partial charge is 0.504 e.